The van der Waals surface area contributed by atoms with E-state index in [0.717, 1.165) is 6.42 Å². The van der Waals surface area contributed by atoms with Crippen LogP contribution in [0.5, 0.6) is 0 Å². The van der Waals surface area contributed by atoms with Gasteiger partial charge in [-0.15, -0.1) is 0 Å². The van der Waals surface area contributed by atoms with Crippen molar-refractivity contribution < 1.29 is 53.7 Å². The van der Waals surface area contributed by atoms with Gasteiger partial charge in [0.15, 0.2) is 5.79 Å². The maximum Gasteiger partial charge on any atom is 0.309 e. The van der Waals surface area contributed by atoms with E-state index in [-0.39, 0.29) is 41.8 Å². The van der Waals surface area contributed by atoms with Gasteiger partial charge in [0, 0.05) is 30.1 Å². The first-order valence-electron chi connectivity index (χ1n) is 20.7. The number of Topliss-reactive ketones (excluding diaryl/α,β-unsaturated/α-hetero) is 1. The molecule has 0 aromatic carbocycles. The minimum Gasteiger partial charge on any atom is -0.481 e. The van der Waals surface area contributed by atoms with E-state index < -0.39 is 76.8 Å². The van der Waals surface area contributed by atoms with Gasteiger partial charge in [0.05, 0.1) is 53.7 Å². The molecule has 53 heavy (non-hydrogen) atoms. The summed E-state index contributed by atoms with van der Waals surface area (Å²) in [5, 5.41) is 44.0. The molecule has 0 aromatic rings. The monoisotopic (exact) mass is 750 g/mol. The molecule has 5 heterocycles. The fourth-order valence-electron chi connectivity index (χ4n) is 10.5. The van der Waals surface area contributed by atoms with Crippen LogP contribution in [0.25, 0.3) is 0 Å². The van der Waals surface area contributed by atoms with Crippen molar-refractivity contribution in [3.05, 3.63) is 12.2 Å². The lowest BCUT2D eigenvalue weighted by molar-refractivity contribution is -0.409. The molecule has 0 saturated carbocycles. The van der Waals surface area contributed by atoms with Gasteiger partial charge in [-0.3, -0.25) is 9.59 Å². The predicted molar refractivity (Wildman–Crippen MR) is 199 cm³/mol. The Morgan fingerprint density at radius 2 is 1.57 bits per heavy atom. The summed E-state index contributed by atoms with van der Waals surface area (Å²) < 4.78 is 33.5. The lowest BCUT2D eigenvalue weighted by Crippen LogP contribution is -2.63. The van der Waals surface area contributed by atoms with Crippen LogP contribution in [0.3, 0.4) is 0 Å². The van der Waals surface area contributed by atoms with E-state index in [2.05, 4.69) is 20.8 Å². The highest BCUT2D eigenvalue weighted by Crippen LogP contribution is 2.54. The molecular weight excluding hydrogens is 680 g/mol. The molecule has 0 amide bonds. The third-order valence-electron chi connectivity index (χ3n) is 14.4. The van der Waals surface area contributed by atoms with Crippen LogP contribution in [0.2, 0.25) is 0 Å². The largest absolute Gasteiger partial charge is 0.481 e. The second-order valence-corrected chi connectivity index (χ2v) is 17.9. The second-order valence-electron chi connectivity index (χ2n) is 17.9. The highest BCUT2D eigenvalue weighted by Gasteiger charge is 2.63. The van der Waals surface area contributed by atoms with E-state index in [4.69, 9.17) is 23.7 Å². The van der Waals surface area contributed by atoms with E-state index in [0.29, 0.717) is 57.8 Å². The molecular formula is C42H70O11. The van der Waals surface area contributed by atoms with Crippen LogP contribution < -0.4 is 0 Å². The molecule has 5 rings (SSSR count). The van der Waals surface area contributed by atoms with E-state index in [9.17, 15) is 30.0 Å². The Bertz CT molecular complexity index is 1320. The summed E-state index contributed by atoms with van der Waals surface area (Å²) in [6, 6.07) is 0. The first kappa shape index (κ1) is 42.7. The van der Waals surface area contributed by atoms with Crippen molar-refractivity contribution in [1.29, 1.82) is 0 Å². The highest BCUT2D eigenvalue weighted by atomic mass is 16.8. The maximum atomic E-state index is 14.4. The molecule has 4 saturated heterocycles. The lowest BCUT2D eigenvalue weighted by atomic mass is 9.72. The molecule has 0 aliphatic carbocycles. The summed E-state index contributed by atoms with van der Waals surface area (Å²) >= 11 is 0. The average Bonchev–Trinajstić information content (AvgIpc) is 3.47. The molecule has 2 spiro atoms. The van der Waals surface area contributed by atoms with Crippen LogP contribution in [0.4, 0.5) is 0 Å². The van der Waals surface area contributed by atoms with Crippen molar-refractivity contribution in [3.63, 3.8) is 0 Å². The smallest absolute Gasteiger partial charge is 0.309 e. The lowest BCUT2D eigenvalue weighted by Gasteiger charge is -2.54. The first-order chi connectivity index (χ1) is 24.8. The van der Waals surface area contributed by atoms with Crippen LogP contribution in [0.1, 0.15) is 133 Å². The van der Waals surface area contributed by atoms with Gasteiger partial charge in [-0.1, -0.05) is 55.4 Å². The fourth-order valence-corrected chi connectivity index (χ4v) is 10.5. The third-order valence-corrected chi connectivity index (χ3v) is 14.4. The normalized spacial score (nSPS) is 46.2. The molecule has 0 radical (unpaired) electrons. The first-order valence-corrected chi connectivity index (χ1v) is 20.7. The van der Waals surface area contributed by atoms with E-state index in [1.54, 1.807) is 19.1 Å². The van der Waals surface area contributed by atoms with Crippen molar-refractivity contribution in [2.24, 2.45) is 41.4 Å². The van der Waals surface area contributed by atoms with E-state index >= 15 is 0 Å². The number of carbonyl (C=O) groups excluding carboxylic acids is 1. The number of carbonyl (C=O) groups is 2. The minimum atomic E-state index is -1.37. The third kappa shape index (κ3) is 7.94. The van der Waals surface area contributed by atoms with Crippen LogP contribution in [-0.4, -0.2) is 97.7 Å². The SMILES string of the molecule is CC[C@@H](C(=O)[C@@H](C)[C@@H](O)[C@H](C)[C@@H]1O[C@@H]([C@@H](CC)C(=O)O)CC[C@@H]1C)[C@H]1O[C@]2(C=C[C@@H](O)[C@]3(CC[C@@](C)(C4CC[C@](O)(CC)[C@H](C)O4)O3)O2)[C@H](C)C[C@@H]1C. The number of hydrogen-bond acceptors (Lipinski definition) is 10. The van der Waals surface area contributed by atoms with Gasteiger partial charge in [-0.2, -0.15) is 0 Å². The Morgan fingerprint density at radius 3 is 2.17 bits per heavy atom. The Labute approximate surface area is 317 Å². The van der Waals surface area contributed by atoms with E-state index in [1.165, 1.54) is 0 Å². The Hall–Kier alpha value is -1.44. The summed E-state index contributed by atoms with van der Waals surface area (Å²) in [4.78, 5) is 26.4. The number of aliphatic hydroxyl groups excluding tert-OH is 2. The molecule has 11 heteroatoms. The topological polar surface area (TPSA) is 161 Å². The van der Waals surface area contributed by atoms with Crippen LogP contribution in [0, 0.1) is 41.4 Å². The summed E-state index contributed by atoms with van der Waals surface area (Å²) in [5.74, 6) is -5.78. The van der Waals surface area contributed by atoms with Gasteiger partial charge in [0.1, 0.15) is 11.9 Å². The molecule has 18 atom stereocenters. The van der Waals surface area contributed by atoms with Gasteiger partial charge in [-0.05, 0) is 95.6 Å². The molecule has 5 aliphatic heterocycles. The van der Waals surface area contributed by atoms with Crippen molar-refractivity contribution in [3.8, 4) is 0 Å². The summed E-state index contributed by atoms with van der Waals surface area (Å²) in [6.07, 6.45) is 5.51. The zero-order chi connectivity index (χ0) is 39.3. The Morgan fingerprint density at radius 1 is 0.887 bits per heavy atom. The molecule has 4 N–H and O–H groups in total. The number of aliphatic carboxylic acids is 1. The molecule has 11 nitrogen and oxygen atoms in total. The van der Waals surface area contributed by atoms with Crippen LogP contribution >= 0.6 is 0 Å². The van der Waals surface area contributed by atoms with Gasteiger partial charge < -0.3 is 44.1 Å². The fraction of sp³-hybridized carbons (Fsp3) is 0.905. The number of carboxylic acids is 1. The average molecular weight is 751 g/mol. The number of carboxylic acid groups (broad SMARTS) is 1. The van der Waals surface area contributed by atoms with Crippen molar-refractivity contribution in [2.45, 2.75) is 199 Å². The molecule has 5 aliphatic rings. The zero-order valence-electron chi connectivity index (χ0n) is 34.0. The molecule has 0 bridgehead atoms. The van der Waals surface area contributed by atoms with Gasteiger partial charge in [0.2, 0.25) is 5.79 Å². The Kier molecular flexibility index (Phi) is 13.0. The maximum absolute atomic E-state index is 14.4. The van der Waals surface area contributed by atoms with Gasteiger partial charge >= 0.3 is 5.97 Å². The minimum absolute atomic E-state index is 0.0137. The highest BCUT2D eigenvalue weighted by molar-refractivity contribution is 5.84. The van der Waals surface area contributed by atoms with Gasteiger partial charge in [-0.25, -0.2) is 0 Å². The summed E-state index contributed by atoms with van der Waals surface area (Å²) in [7, 11) is 0. The molecule has 1 unspecified atom stereocenters. The second kappa shape index (κ2) is 16.2. The number of ketones is 1. The number of rotatable bonds is 12. The number of aliphatic hydroxyl groups is 3. The number of ether oxygens (including phenoxy) is 5. The quantitative estimate of drug-likeness (QED) is 0.169. The zero-order valence-corrected chi connectivity index (χ0v) is 34.0. The summed E-state index contributed by atoms with van der Waals surface area (Å²) in [5.41, 5.74) is -1.63. The standard InChI is InChI=1S/C42H70O11/c1-11-29(38(46)47)31-15-14-23(4)36(50-31)27(8)34(44)26(7)35(45)30(12-2)37-24(5)22-25(6)41(51-37)19-16-32(43)42(53-41)21-20-39(10,52-42)33-17-18-40(48,13-3)28(9)49-33/h16,19,23-34,36-37,43-44,48H,11-15,17-18,20-22H2,1-10H3,(H,46,47)/t23-,24-,25+,26-,27-,28-,29+,30-,31+,32+,33?,34+,36+,37-,39-,40+,41-,42-/m0/s1. The van der Waals surface area contributed by atoms with Crippen molar-refractivity contribution >= 4 is 11.8 Å². The van der Waals surface area contributed by atoms with Crippen molar-refractivity contribution in [2.75, 3.05) is 0 Å². The Balaban J connectivity index is 1.31. The van der Waals surface area contributed by atoms with Gasteiger partial charge in [0.25, 0.3) is 0 Å². The number of hydrogen-bond donors (Lipinski definition) is 4. The summed E-state index contributed by atoms with van der Waals surface area (Å²) in [6.45, 7) is 19.6. The molecule has 0 aromatic heterocycles. The van der Waals surface area contributed by atoms with E-state index in [1.807, 2.05) is 41.5 Å². The molecule has 4 fully saturated rings. The van der Waals surface area contributed by atoms with Crippen LogP contribution in [0.15, 0.2) is 12.2 Å². The van der Waals surface area contributed by atoms with Crippen molar-refractivity contribution in [1.82, 2.24) is 0 Å². The molecule has 304 valence electrons. The predicted octanol–water partition coefficient (Wildman–Crippen LogP) is 6.19. The van der Waals surface area contributed by atoms with Crippen LogP contribution in [-0.2, 0) is 33.3 Å².